The summed E-state index contributed by atoms with van der Waals surface area (Å²) < 4.78 is 0. The van der Waals surface area contributed by atoms with Crippen molar-refractivity contribution >= 4 is 16.9 Å². The molecule has 5 nitrogen and oxygen atoms in total. The first kappa shape index (κ1) is 12.6. The van der Waals surface area contributed by atoms with Crippen LogP contribution in [0.5, 0.6) is 0 Å². The standard InChI is InChI=1S/C13H18N4O/c1-2-14-6-3-7-15-13(18)10-4-5-11-12(8-10)17-9-16-11/h4-5,8-9,14H,2-3,6-7H2,1H3,(H,15,18)(H,16,17). The van der Waals surface area contributed by atoms with Gasteiger partial charge in [0.1, 0.15) is 0 Å². The van der Waals surface area contributed by atoms with Crippen LogP contribution in [0, 0.1) is 0 Å². The number of nitrogens with zero attached hydrogens (tertiary/aromatic N) is 1. The van der Waals surface area contributed by atoms with E-state index in [1.807, 2.05) is 12.1 Å². The molecule has 0 fully saturated rings. The molecule has 0 aliphatic heterocycles. The minimum atomic E-state index is -0.0389. The molecule has 1 amide bonds. The second-order valence-electron chi connectivity index (χ2n) is 4.10. The molecule has 0 saturated heterocycles. The summed E-state index contributed by atoms with van der Waals surface area (Å²) in [5, 5.41) is 6.12. The van der Waals surface area contributed by atoms with Crippen molar-refractivity contribution in [1.82, 2.24) is 20.6 Å². The van der Waals surface area contributed by atoms with Crippen LogP contribution < -0.4 is 10.6 Å². The molecular formula is C13H18N4O. The van der Waals surface area contributed by atoms with Crippen molar-refractivity contribution in [1.29, 1.82) is 0 Å². The minimum absolute atomic E-state index is 0.0389. The van der Waals surface area contributed by atoms with E-state index in [9.17, 15) is 4.79 Å². The zero-order valence-corrected chi connectivity index (χ0v) is 10.5. The molecule has 1 heterocycles. The maximum absolute atomic E-state index is 11.9. The average molecular weight is 246 g/mol. The predicted molar refractivity (Wildman–Crippen MR) is 71.6 cm³/mol. The summed E-state index contributed by atoms with van der Waals surface area (Å²) in [6.07, 6.45) is 2.56. The van der Waals surface area contributed by atoms with Gasteiger partial charge in [0.15, 0.2) is 0 Å². The van der Waals surface area contributed by atoms with Crippen LogP contribution in [0.1, 0.15) is 23.7 Å². The van der Waals surface area contributed by atoms with E-state index in [0.717, 1.165) is 30.5 Å². The summed E-state index contributed by atoms with van der Waals surface area (Å²) in [5.41, 5.74) is 2.42. The number of aromatic amines is 1. The quantitative estimate of drug-likeness (QED) is 0.673. The van der Waals surface area contributed by atoms with E-state index >= 15 is 0 Å². The van der Waals surface area contributed by atoms with Crippen LogP contribution >= 0.6 is 0 Å². The smallest absolute Gasteiger partial charge is 0.251 e. The summed E-state index contributed by atoms with van der Waals surface area (Å²) in [5.74, 6) is -0.0389. The van der Waals surface area contributed by atoms with Gasteiger partial charge in [-0.2, -0.15) is 0 Å². The van der Waals surface area contributed by atoms with Gasteiger partial charge in [0.25, 0.3) is 5.91 Å². The number of nitrogens with one attached hydrogen (secondary N) is 3. The first-order valence-electron chi connectivity index (χ1n) is 6.23. The monoisotopic (exact) mass is 246 g/mol. The molecule has 2 rings (SSSR count). The predicted octanol–water partition coefficient (Wildman–Crippen LogP) is 1.29. The first-order chi connectivity index (χ1) is 8.81. The molecule has 3 N–H and O–H groups in total. The van der Waals surface area contributed by atoms with E-state index in [4.69, 9.17) is 0 Å². The summed E-state index contributed by atoms with van der Waals surface area (Å²) >= 11 is 0. The summed E-state index contributed by atoms with van der Waals surface area (Å²) in [4.78, 5) is 19.0. The van der Waals surface area contributed by atoms with Crippen LogP contribution in [0.4, 0.5) is 0 Å². The molecule has 1 aromatic carbocycles. The molecule has 5 heteroatoms. The number of H-pyrrole nitrogens is 1. The molecular weight excluding hydrogens is 228 g/mol. The third-order valence-electron chi connectivity index (χ3n) is 2.75. The fourth-order valence-electron chi connectivity index (χ4n) is 1.77. The molecule has 0 spiro atoms. The molecule has 0 bridgehead atoms. The van der Waals surface area contributed by atoms with Crippen LogP contribution in [-0.2, 0) is 0 Å². The summed E-state index contributed by atoms with van der Waals surface area (Å²) in [6.45, 7) is 4.64. The Morgan fingerprint density at radius 2 is 2.28 bits per heavy atom. The molecule has 0 unspecified atom stereocenters. The molecule has 0 radical (unpaired) electrons. The van der Waals surface area contributed by atoms with E-state index in [1.54, 1.807) is 12.4 Å². The van der Waals surface area contributed by atoms with Crippen molar-refractivity contribution in [2.75, 3.05) is 19.6 Å². The Bertz CT molecular complexity index is 520. The SMILES string of the molecule is CCNCCCNC(=O)c1ccc2nc[nH]c2c1. The zero-order chi connectivity index (χ0) is 12.8. The second-order valence-corrected chi connectivity index (χ2v) is 4.10. The lowest BCUT2D eigenvalue weighted by Gasteiger charge is -2.05. The Balaban J connectivity index is 1.88. The maximum Gasteiger partial charge on any atom is 0.251 e. The van der Waals surface area contributed by atoms with Crippen molar-refractivity contribution in [3.05, 3.63) is 30.1 Å². The molecule has 0 aliphatic rings. The van der Waals surface area contributed by atoms with E-state index in [1.165, 1.54) is 0 Å². The topological polar surface area (TPSA) is 69.8 Å². The second kappa shape index (κ2) is 6.16. The normalized spacial score (nSPS) is 10.7. The third kappa shape index (κ3) is 3.07. The van der Waals surface area contributed by atoms with Crippen LogP contribution in [-0.4, -0.2) is 35.5 Å². The van der Waals surface area contributed by atoms with Gasteiger partial charge in [-0.1, -0.05) is 6.92 Å². The molecule has 1 aromatic heterocycles. The van der Waals surface area contributed by atoms with Crippen molar-refractivity contribution in [2.45, 2.75) is 13.3 Å². The molecule has 0 atom stereocenters. The lowest BCUT2D eigenvalue weighted by molar-refractivity contribution is 0.0953. The summed E-state index contributed by atoms with van der Waals surface area (Å²) in [6, 6.07) is 5.46. The van der Waals surface area contributed by atoms with Crippen LogP contribution in [0.15, 0.2) is 24.5 Å². The minimum Gasteiger partial charge on any atom is -0.352 e. The van der Waals surface area contributed by atoms with E-state index < -0.39 is 0 Å². The highest BCUT2D eigenvalue weighted by Gasteiger charge is 2.06. The number of fused-ring (bicyclic) bond motifs is 1. The molecule has 2 aromatic rings. The number of imidazole rings is 1. The highest BCUT2D eigenvalue weighted by atomic mass is 16.1. The third-order valence-corrected chi connectivity index (χ3v) is 2.75. The Morgan fingerprint density at radius 3 is 3.11 bits per heavy atom. The van der Waals surface area contributed by atoms with Gasteiger partial charge < -0.3 is 15.6 Å². The number of rotatable bonds is 6. The fourth-order valence-corrected chi connectivity index (χ4v) is 1.77. The van der Waals surface area contributed by atoms with Gasteiger partial charge in [-0.3, -0.25) is 4.79 Å². The number of amides is 1. The Kier molecular flexibility index (Phi) is 4.30. The number of carbonyl (C=O) groups excluding carboxylic acids is 1. The van der Waals surface area contributed by atoms with Crippen LogP contribution in [0.2, 0.25) is 0 Å². The van der Waals surface area contributed by atoms with E-state index in [0.29, 0.717) is 12.1 Å². The molecule has 96 valence electrons. The molecule has 0 aliphatic carbocycles. The van der Waals surface area contributed by atoms with Gasteiger partial charge in [0, 0.05) is 12.1 Å². The van der Waals surface area contributed by atoms with Crippen molar-refractivity contribution in [3.63, 3.8) is 0 Å². The average Bonchev–Trinajstić information content (AvgIpc) is 2.85. The van der Waals surface area contributed by atoms with E-state index in [2.05, 4.69) is 27.5 Å². The number of carbonyl (C=O) groups is 1. The van der Waals surface area contributed by atoms with Gasteiger partial charge in [0.2, 0.25) is 0 Å². The molecule has 18 heavy (non-hydrogen) atoms. The van der Waals surface area contributed by atoms with E-state index in [-0.39, 0.29) is 5.91 Å². The van der Waals surface area contributed by atoms with Gasteiger partial charge in [0.05, 0.1) is 17.4 Å². The largest absolute Gasteiger partial charge is 0.352 e. The number of hydrogen-bond acceptors (Lipinski definition) is 3. The molecule has 0 saturated carbocycles. The highest BCUT2D eigenvalue weighted by molar-refractivity contribution is 5.97. The Hall–Kier alpha value is -1.88. The van der Waals surface area contributed by atoms with Gasteiger partial charge in [-0.05, 0) is 37.7 Å². The number of hydrogen-bond donors (Lipinski definition) is 3. The zero-order valence-electron chi connectivity index (χ0n) is 10.5. The number of benzene rings is 1. The van der Waals surface area contributed by atoms with Crippen LogP contribution in [0.3, 0.4) is 0 Å². The van der Waals surface area contributed by atoms with Gasteiger partial charge >= 0.3 is 0 Å². The summed E-state index contributed by atoms with van der Waals surface area (Å²) in [7, 11) is 0. The lowest BCUT2D eigenvalue weighted by atomic mass is 10.2. The lowest BCUT2D eigenvalue weighted by Crippen LogP contribution is -2.27. The van der Waals surface area contributed by atoms with Crippen molar-refractivity contribution in [3.8, 4) is 0 Å². The van der Waals surface area contributed by atoms with Crippen molar-refractivity contribution in [2.24, 2.45) is 0 Å². The first-order valence-corrected chi connectivity index (χ1v) is 6.23. The van der Waals surface area contributed by atoms with Gasteiger partial charge in [-0.25, -0.2) is 4.98 Å². The van der Waals surface area contributed by atoms with Gasteiger partial charge in [-0.15, -0.1) is 0 Å². The number of aromatic nitrogens is 2. The maximum atomic E-state index is 11.9. The highest BCUT2D eigenvalue weighted by Crippen LogP contribution is 2.11. The fraction of sp³-hybridized carbons (Fsp3) is 0.385. The van der Waals surface area contributed by atoms with Crippen LogP contribution in [0.25, 0.3) is 11.0 Å². The Labute approximate surface area is 106 Å². The van der Waals surface area contributed by atoms with Crippen molar-refractivity contribution < 1.29 is 4.79 Å². The Morgan fingerprint density at radius 1 is 1.39 bits per heavy atom.